The highest BCUT2D eigenvalue weighted by Gasteiger charge is 2.28. The minimum atomic E-state index is -0.810. The summed E-state index contributed by atoms with van der Waals surface area (Å²) in [5.41, 5.74) is 7.12. The molecule has 32 heavy (non-hydrogen) atoms. The predicted octanol–water partition coefficient (Wildman–Crippen LogP) is 5.15. The number of benzene rings is 2. The molecular weight excluding hydrogens is 406 g/mol. The Morgan fingerprint density at radius 1 is 1.09 bits per heavy atom. The zero-order valence-electron chi connectivity index (χ0n) is 17.9. The van der Waals surface area contributed by atoms with Gasteiger partial charge in [0.1, 0.15) is 5.82 Å². The van der Waals surface area contributed by atoms with E-state index in [2.05, 4.69) is 23.8 Å². The van der Waals surface area contributed by atoms with Crippen molar-refractivity contribution in [2.75, 3.05) is 13.1 Å². The van der Waals surface area contributed by atoms with E-state index in [1.54, 1.807) is 12.3 Å². The molecule has 4 rings (SSSR count). The third-order valence-corrected chi connectivity index (χ3v) is 5.76. The molecule has 0 spiro atoms. The third kappa shape index (κ3) is 4.06. The highest BCUT2D eigenvalue weighted by atomic mass is 19.1. The van der Waals surface area contributed by atoms with E-state index in [-0.39, 0.29) is 5.82 Å². The average Bonchev–Trinajstić information content (AvgIpc) is 2.77. The SMILES string of the molecule is C=CNCCNC(=C)c1ccc(C)c(C2=C3C=C(F)C(=O)C=C3Cc3ccc(F)cc32)c1. The lowest BCUT2D eigenvalue weighted by Gasteiger charge is -2.27. The Balaban J connectivity index is 1.85. The van der Waals surface area contributed by atoms with Crippen LogP contribution in [0, 0.1) is 12.7 Å². The molecule has 0 radical (unpaired) electrons. The Bertz CT molecular complexity index is 1230. The van der Waals surface area contributed by atoms with Crippen LogP contribution in [0.2, 0.25) is 0 Å². The van der Waals surface area contributed by atoms with Crippen LogP contribution in [0.4, 0.5) is 8.78 Å². The monoisotopic (exact) mass is 430 g/mol. The lowest BCUT2D eigenvalue weighted by atomic mass is 9.76. The first-order chi connectivity index (χ1) is 15.4. The van der Waals surface area contributed by atoms with Gasteiger partial charge in [-0.05, 0) is 94.4 Å². The fourth-order valence-electron chi connectivity index (χ4n) is 4.12. The predicted molar refractivity (Wildman–Crippen MR) is 125 cm³/mol. The first kappa shape index (κ1) is 21.5. The van der Waals surface area contributed by atoms with Crippen LogP contribution in [0.5, 0.6) is 0 Å². The number of fused-ring (bicyclic) bond motifs is 2. The van der Waals surface area contributed by atoms with E-state index in [1.807, 2.05) is 25.1 Å². The number of carbonyl (C=O) groups excluding carboxylic acids is 1. The maximum absolute atomic E-state index is 14.3. The Morgan fingerprint density at radius 2 is 1.91 bits per heavy atom. The number of ketones is 1. The molecule has 0 aliphatic heterocycles. The Kier molecular flexibility index (Phi) is 5.91. The zero-order chi connectivity index (χ0) is 22.8. The molecule has 0 fully saturated rings. The molecule has 0 unspecified atom stereocenters. The summed E-state index contributed by atoms with van der Waals surface area (Å²) in [5, 5.41) is 6.30. The topological polar surface area (TPSA) is 41.1 Å². The molecule has 0 heterocycles. The lowest BCUT2D eigenvalue weighted by Crippen LogP contribution is -2.22. The van der Waals surface area contributed by atoms with E-state index >= 15 is 0 Å². The summed E-state index contributed by atoms with van der Waals surface area (Å²) in [6.07, 6.45) is 4.71. The van der Waals surface area contributed by atoms with Crippen LogP contribution < -0.4 is 10.6 Å². The fourth-order valence-corrected chi connectivity index (χ4v) is 4.12. The van der Waals surface area contributed by atoms with E-state index in [9.17, 15) is 13.6 Å². The van der Waals surface area contributed by atoms with Crippen molar-refractivity contribution in [2.24, 2.45) is 0 Å². The normalized spacial score (nSPS) is 14.8. The van der Waals surface area contributed by atoms with Crippen LogP contribution in [0.1, 0.15) is 27.8 Å². The number of hydrogen-bond acceptors (Lipinski definition) is 3. The summed E-state index contributed by atoms with van der Waals surface area (Å²) in [7, 11) is 0. The minimum absolute atomic E-state index is 0.361. The molecule has 2 aromatic carbocycles. The number of halogens is 2. The van der Waals surface area contributed by atoms with E-state index in [4.69, 9.17) is 0 Å². The van der Waals surface area contributed by atoms with Gasteiger partial charge in [-0.1, -0.05) is 31.4 Å². The van der Waals surface area contributed by atoms with Gasteiger partial charge in [-0.25, -0.2) is 8.78 Å². The lowest BCUT2D eigenvalue weighted by molar-refractivity contribution is -0.112. The molecule has 0 aromatic heterocycles. The number of hydrogen-bond donors (Lipinski definition) is 2. The summed E-state index contributed by atoms with van der Waals surface area (Å²) < 4.78 is 28.6. The smallest absolute Gasteiger partial charge is 0.214 e. The van der Waals surface area contributed by atoms with Crippen molar-refractivity contribution in [3.8, 4) is 0 Å². The van der Waals surface area contributed by atoms with Gasteiger partial charge >= 0.3 is 0 Å². The van der Waals surface area contributed by atoms with Crippen molar-refractivity contribution >= 4 is 17.1 Å². The summed E-state index contributed by atoms with van der Waals surface area (Å²) >= 11 is 0. The number of rotatable bonds is 7. The van der Waals surface area contributed by atoms with Crippen molar-refractivity contribution in [3.05, 3.63) is 119 Å². The molecule has 0 atom stereocenters. The van der Waals surface area contributed by atoms with Gasteiger partial charge in [0.2, 0.25) is 5.78 Å². The van der Waals surface area contributed by atoms with Crippen molar-refractivity contribution in [2.45, 2.75) is 13.3 Å². The summed E-state index contributed by atoms with van der Waals surface area (Å²) in [6, 6.07) is 10.5. The minimum Gasteiger partial charge on any atom is -0.390 e. The quantitative estimate of drug-likeness (QED) is 0.597. The molecule has 0 saturated heterocycles. The van der Waals surface area contributed by atoms with Crippen LogP contribution in [0.3, 0.4) is 0 Å². The molecule has 0 amide bonds. The van der Waals surface area contributed by atoms with Crippen LogP contribution in [0.25, 0.3) is 11.3 Å². The Hall–Kier alpha value is -3.73. The van der Waals surface area contributed by atoms with Gasteiger partial charge in [0.25, 0.3) is 0 Å². The molecule has 0 bridgehead atoms. The zero-order valence-corrected chi connectivity index (χ0v) is 17.9. The Labute approximate surface area is 186 Å². The average molecular weight is 430 g/mol. The van der Waals surface area contributed by atoms with Gasteiger partial charge in [-0.2, -0.15) is 0 Å². The molecule has 5 heteroatoms. The molecule has 2 aliphatic carbocycles. The van der Waals surface area contributed by atoms with E-state index in [0.29, 0.717) is 30.6 Å². The maximum Gasteiger partial charge on any atom is 0.214 e. The van der Waals surface area contributed by atoms with Crippen molar-refractivity contribution in [3.63, 3.8) is 0 Å². The van der Waals surface area contributed by atoms with Crippen LogP contribution in [-0.2, 0) is 11.2 Å². The van der Waals surface area contributed by atoms with E-state index in [0.717, 1.165) is 39.1 Å². The Morgan fingerprint density at radius 3 is 2.69 bits per heavy atom. The second-order valence-corrected chi connectivity index (χ2v) is 7.89. The summed E-state index contributed by atoms with van der Waals surface area (Å²) in [6.45, 7) is 11.1. The van der Waals surface area contributed by atoms with Crippen LogP contribution in [-0.4, -0.2) is 18.9 Å². The van der Waals surface area contributed by atoms with Crippen molar-refractivity contribution in [1.29, 1.82) is 0 Å². The second-order valence-electron chi connectivity index (χ2n) is 7.89. The maximum atomic E-state index is 14.3. The summed E-state index contributed by atoms with van der Waals surface area (Å²) in [4.78, 5) is 12.0. The molecule has 2 aliphatic rings. The molecule has 3 nitrogen and oxygen atoms in total. The van der Waals surface area contributed by atoms with Crippen LogP contribution in [0.15, 0.2) is 84.9 Å². The number of aryl methyl sites for hydroxylation is 1. The van der Waals surface area contributed by atoms with Gasteiger partial charge in [0, 0.05) is 18.8 Å². The van der Waals surface area contributed by atoms with E-state index < -0.39 is 11.6 Å². The van der Waals surface area contributed by atoms with Gasteiger partial charge in [-0.3, -0.25) is 4.79 Å². The van der Waals surface area contributed by atoms with Gasteiger partial charge in [-0.15, -0.1) is 0 Å². The van der Waals surface area contributed by atoms with Crippen molar-refractivity contribution < 1.29 is 13.6 Å². The number of nitrogens with one attached hydrogen (secondary N) is 2. The highest BCUT2D eigenvalue weighted by Crippen LogP contribution is 2.43. The van der Waals surface area contributed by atoms with Gasteiger partial charge in [0.05, 0.1) is 0 Å². The standard InChI is InChI=1S/C27H24F2N2O/c1-4-30-9-10-31-17(3)18-6-5-16(2)22(12-18)27-23-14-21(28)8-7-19(23)11-20-13-26(32)25(29)15-24(20)27/h4-8,12-15,30-31H,1,3,9-11H2,2H3. The highest BCUT2D eigenvalue weighted by molar-refractivity contribution is 6.07. The first-order valence-corrected chi connectivity index (χ1v) is 10.4. The molecular formula is C27H24F2N2O. The summed E-state index contributed by atoms with van der Waals surface area (Å²) in [5.74, 6) is -1.80. The van der Waals surface area contributed by atoms with Gasteiger partial charge in [0.15, 0.2) is 5.83 Å². The number of carbonyl (C=O) groups is 1. The fraction of sp³-hybridized carbons (Fsp3) is 0.148. The number of allylic oxidation sites excluding steroid dienone is 5. The molecule has 2 aromatic rings. The molecule has 2 N–H and O–H groups in total. The third-order valence-electron chi connectivity index (χ3n) is 5.76. The first-order valence-electron chi connectivity index (χ1n) is 10.4. The van der Waals surface area contributed by atoms with Gasteiger partial charge < -0.3 is 10.6 Å². The second kappa shape index (κ2) is 8.79. The van der Waals surface area contributed by atoms with Crippen molar-refractivity contribution in [1.82, 2.24) is 10.6 Å². The largest absolute Gasteiger partial charge is 0.390 e. The molecule has 162 valence electrons. The van der Waals surface area contributed by atoms with E-state index in [1.165, 1.54) is 24.3 Å². The molecule has 0 saturated carbocycles. The van der Waals surface area contributed by atoms with Crippen LogP contribution >= 0.6 is 0 Å².